The molecule has 4 rings (SSSR count). The number of amides is 2. The average molecular weight is 453 g/mol. The lowest BCUT2D eigenvalue weighted by Gasteiger charge is -2.06. The average Bonchev–Trinajstić information content (AvgIpc) is 3.12. The van der Waals surface area contributed by atoms with Crippen LogP contribution >= 0.6 is 23.4 Å². The van der Waals surface area contributed by atoms with E-state index in [9.17, 15) is 9.59 Å². The number of fused-ring (bicyclic) bond motifs is 1. The summed E-state index contributed by atoms with van der Waals surface area (Å²) >= 11 is 7.47. The molecule has 0 radical (unpaired) electrons. The first-order valence-corrected chi connectivity index (χ1v) is 10.5. The number of halogens is 1. The van der Waals surface area contributed by atoms with Crippen molar-refractivity contribution in [3.63, 3.8) is 0 Å². The SMILES string of the molecule is O=C(CO)NCc1ccc(Cl)c(N=C2NC(=O)/C(=C\c3ccc4ncccc4c3)S2)c1. The number of aliphatic imine (C=N–C) groups is 1. The third kappa shape index (κ3) is 5.11. The molecule has 2 heterocycles. The Morgan fingerprint density at radius 3 is 2.97 bits per heavy atom. The van der Waals surface area contributed by atoms with E-state index in [0.29, 0.717) is 20.8 Å². The molecule has 7 nitrogen and oxygen atoms in total. The lowest BCUT2D eigenvalue weighted by molar-refractivity contribution is -0.124. The number of nitrogens with one attached hydrogen (secondary N) is 2. The largest absolute Gasteiger partial charge is 0.387 e. The highest BCUT2D eigenvalue weighted by atomic mass is 35.5. The molecule has 1 aliphatic rings. The highest BCUT2D eigenvalue weighted by Gasteiger charge is 2.24. The quantitative estimate of drug-likeness (QED) is 0.515. The number of carbonyl (C=O) groups excluding carboxylic acids is 2. The van der Waals surface area contributed by atoms with Crippen LogP contribution in [0.2, 0.25) is 5.02 Å². The number of rotatable bonds is 5. The minimum Gasteiger partial charge on any atom is -0.387 e. The maximum atomic E-state index is 12.4. The summed E-state index contributed by atoms with van der Waals surface area (Å²) in [5, 5.41) is 15.9. The van der Waals surface area contributed by atoms with Crippen molar-refractivity contribution >= 4 is 63.0 Å². The van der Waals surface area contributed by atoms with Crippen LogP contribution in [-0.4, -0.2) is 33.7 Å². The van der Waals surface area contributed by atoms with Gasteiger partial charge in [0, 0.05) is 18.1 Å². The van der Waals surface area contributed by atoms with Crippen molar-refractivity contribution < 1.29 is 14.7 Å². The predicted octanol–water partition coefficient (Wildman–Crippen LogP) is 3.39. The second-order valence-electron chi connectivity index (χ2n) is 6.66. The lowest BCUT2D eigenvalue weighted by Crippen LogP contribution is -2.25. The first kappa shape index (κ1) is 21.0. The molecule has 31 heavy (non-hydrogen) atoms. The van der Waals surface area contributed by atoms with E-state index in [1.807, 2.05) is 30.3 Å². The van der Waals surface area contributed by atoms with Crippen LogP contribution in [0.15, 0.2) is 64.6 Å². The molecule has 0 saturated carbocycles. The molecule has 3 aromatic rings. The highest BCUT2D eigenvalue weighted by Crippen LogP contribution is 2.32. The molecule has 0 spiro atoms. The summed E-state index contributed by atoms with van der Waals surface area (Å²) in [4.78, 5) is 32.9. The third-order valence-corrected chi connectivity index (χ3v) is 5.67. The molecule has 2 amide bonds. The van der Waals surface area contributed by atoms with Gasteiger partial charge < -0.3 is 15.7 Å². The Morgan fingerprint density at radius 1 is 1.26 bits per heavy atom. The number of nitrogens with zero attached hydrogens (tertiary/aromatic N) is 2. The van der Waals surface area contributed by atoms with Crippen molar-refractivity contribution in [1.82, 2.24) is 15.6 Å². The van der Waals surface area contributed by atoms with Crippen LogP contribution in [-0.2, 0) is 16.1 Å². The van der Waals surface area contributed by atoms with Gasteiger partial charge in [0.05, 0.1) is 21.1 Å². The predicted molar refractivity (Wildman–Crippen MR) is 123 cm³/mol. The molecule has 1 aromatic heterocycles. The number of thioether (sulfide) groups is 1. The zero-order valence-corrected chi connectivity index (χ0v) is 17.7. The van der Waals surface area contributed by atoms with Crippen molar-refractivity contribution in [3.05, 3.63) is 75.8 Å². The lowest BCUT2D eigenvalue weighted by atomic mass is 10.1. The summed E-state index contributed by atoms with van der Waals surface area (Å²) in [6, 6.07) is 14.8. The topological polar surface area (TPSA) is 104 Å². The molecule has 0 atom stereocenters. The Bertz CT molecular complexity index is 1240. The van der Waals surface area contributed by atoms with E-state index in [0.717, 1.165) is 22.0 Å². The maximum absolute atomic E-state index is 12.4. The number of aromatic nitrogens is 1. The number of hydrogen-bond donors (Lipinski definition) is 3. The van der Waals surface area contributed by atoms with Crippen molar-refractivity contribution in [2.24, 2.45) is 4.99 Å². The fourth-order valence-corrected chi connectivity index (χ4v) is 3.93. The van der Waals surface area contributed by atoms with Gasteiger partial charge in [-0.3, -0.25) is 14.6 Å². The van der Waals surface area contributed by atoms with E-state index in [1.165, 1.54) is 11.8 Å². The van der Waals surface area contributed by atoms with Gasteiger partial charge in [-0.15, -0.1) is 0 Å². The minimum absolute atomic E-state index is 0.232. The minimum atomic E-state index is -0.575. The van der Waals surface area contributed by atoms with E-state index in [4.69, 9.17) is 16.7 Å². The molecule has 9 heteroatoms. The van der Waals surface area contributed by atoms with Gasteiger partial charge in [0.1, 0.15) is 6.61 Å². The van der Waals surface area contributed by atoms with E-state index in [1.54, 1.807) is 30.5 Å². The van der Waals surface area contributed by atoms with Gasteiger partial charge in [0.25, 0.3) is 5.91 Å². The number of carbonyl (C=O) groups is 2. The maximum Gasteiger partial charge on any atom is 0.264 e. The van der Waals surface area contributed by atoms with Gasteiger partial charge in [-0.1, -0.05) is 29.8 Å². The molecule has 1 aliphatic heterocycles. The zero-order valence-electron chi connectivity index (χ0n) is 16.1. The van der Waals surface area contributed by atoms with Crippen LogP contribution < -0.4 is 10.6 Å². The van der Waals surface area contributed by atoms with Crippen LogP contribution in [0.4, 0.5) is 5.69 Å². The monoisotopic (exact) mass is 452 g/mol. The molecule has 1 fully saturated rings. The van der Waals surface area contributed by atoms with E-state index in [-0.39, 0.29) is 12.5 Å². The first-order valence-electron chi connectivity index (χ1n) is 9.32. The Labute approximate surface area is 187 Å². The van der Waals surface area contributed by atoms with Gasteiger partial charge in [-0.05, 0) is 59.3 Å². The smallest absolute Gasteiger partial charge is 0.264 e. The number of aliphatic hydroxyl groups excluding tert-OH is 1. The first-order chi connectivity index (χ1) is 15.0. The summed E-state index contributed by atoms with van der Waals surface area (Å²) in [5.74, 6) is -0.710. The van der Waals surface area contributed by atoms with E-state index < -0.39 is 12.5 Å². The van der Waals surface area contributed by atoms with Crippen molar-refractivity contribution in [3.8, 4) is 0 Å². The molecule has 0 unspecified atom stereocenters. The standard InChI is InChI=1S/C22H17ClN4O3S/c23-16-5-3-14(11-25-20(29)12-28)9-18(16)26-22-27-21(30)19(31-22)10-13-4-6-17-15(8-13)2-1-7-24-17/h1-10,28H,11-12H2,(H,25,29)(H,26,27,30)/b19-10+. The summed E-state index contributed by atoms with van der Waals surface area (Å²) in [7, 11) is 0. The molecule has 156 valence electrons. The Morgan fingerprint density at radius 2 is 2.13 bits per heavy atom. The molecular formula is C22H17ClN4O3S. The zero-order chi connectivity index (χ0) is 21.8. The number of hydrogen-bond acceptors (Lipinski definition) is 6. The second-order valence-corrected chi connectivity index (χ2v) is 8.10. The Balaban J connectivity index is 1.54. The molecule has 0 bridgehead atoms. The van der Waals surface area contributed by atoms with Gasteiger partial charge >= 0.3 is 0 Å². The summed E-state index contributed by atoms with van der Waals surface area (Å²) in [6.07, 6.45) is 3.54. The third-order valence-electron chi connectivity index (χ3n) is 4.44. The van der Waals surface area contributed by atoms with Crippen LogP contribution in [0.3, 0.4) is 0 Å². The Kier molecular flexibility index (Phi) is 6.31. The van der Waals surface area contributed by atoms with E-state index in [2.05, 4.69) is 20.6 Å². The fourth-order valence-electron chi connectivity index (χ4n) is 2.94. The van der Waals surface area contributed by atoms with Gasteiger partial charge in [-0.2, -0.15) is 0 Å². The molecule has 1 saturated heterocycles. The second kappa shape index (κ2) is 9.30. The molecule has 0 aliphatic carbocycles. The van der Waals surface area contributed by atoms with Gasteiger partial charge in [-0.25, -0.2) is 4.99 Å². The highest BCUT2D eigenvalue weighted by molar-refractivity contribution is 8.18. The van der Waals surface area contributed by atoms with Crippen molar-refractivity contribution in [2.45, 2.75) is 6.54 Å². The normalized spacial score (nSPS) is 16.1. The summed E-state index contributed by atoms with van der Waals surface area (Å²) < 4.78 is 0. The number of aliphatic hydroxyl groups is 1. The Hall–Kier alpha value is -3.20. The number of pyridine rings is 1. The summed E-state index contributed by atoms with van der Waals surface area (Å²) in [6.45, 7) is -0.343. The van der Waals surface area contributed by atoms with Gasteiger partial charge in [0.2, 0.25) is 5.91 Å². The molecule has 3 N–H and O–H groups in total. The van der Waals surface area contributed by atoms with Gasteiger partial charge in [0.15, 0.2) is 5.17 Å². The van der Waals surface area contributed by atoms with E-state index >= 15 is 0 Å². The van der Waals surface area contributed by atoms with Crippen LogP contribution in [0.1, 0.15) is 11.1 Å². The van der Waals surface area contributed by atoms with Crippen molar-refractivity contribution in [2.75, 3.05) is 6.61 Å². The molecule has 2 aromatic carbocycles. The van der Waals surface area contributed by atoms with Crippen LogP contribution in [0.25, 0.3) is 17.0 Å². The number of benzene rings is 2. The molecular weight excluding hydrogens is 436 g/mol. The van der Waals surface area contributed by atoms with Crippen LogP contribution in [0, 0.1) is 0 Å². The summed E-state index contributed by atoms with van der Waals surface area (Å²) in [5.41, 5.74) is 3.01. The van der Waals surface area contributed by atoms with Crippen LogP contribution in [0.5, 0.6) is 0 Å². The number of amidine groups is 1. The fraction of sp³-hybridized carbons (Fsp3) is 0.0909. The van der Waals surface area contributed by atoms with Crippen molar-refractivity contribution in [1.29, 1.82) is 0 Å².